The average Bonchev–Trinajstić information content (AvgIpc) is 2.68. The summed E-state index contributed by atoms with van der Waals surface area (Å²) in [5.74, 6) is -0.393. The van der Waals surface area contributed by atoms with Crippen molar-refractivity contribution in [3.05, 3.63) is 16.1 Å². The number of rotatable bonds is 3. The predicted molar refractivity (Wildman–Crippen MR) is 71.9 cm³/mol. The Hall–Kier alpha value is -1.69. The van der Waals surface area contributed by atoms with Crippen LogP contribution in [0.2, 0.25) is 0 Å². The van der Waals surface area contributed by atoms with Crippen LogP contribution in [0.15, 0.2) is 0 Å². The minimum atomic E-state index is -0.393. The maximum Gasteiger partial charge on any atom is 0.350 e. The third-order valence-electron chi connectivity index (χ3n) is 2.79. The molecule has 0 aromatic carbocycles. The number of anilines is 1. The molecular weight excluding hydrogens is 250 g/mol. The standard InChI is InChI=1S/C12H15N3O2S/c1-4-7-6(3)8-9(13)10(12(16)17-5-2)18-11(8)15-14-7/h4-5,13H2,1-3H3. The summed E-state index contributed by atoms with van der Waals surface area (Å²) in [4.78, 5) is 12.9. The van der Waals surface area contributed by atoms with Gasteiger partial charge in [0.25, 0.3) is 0 Å². The fraction of sp³-hybridized carbons (Fsp3) is 0.417. The minimum absolute atomic E-state index is 0.331. The Morgan fingerprint density at radius 2 is 2.11 bits per heavy atom. The first-order valence-electron chi connectivity index (χ1n) is 5.81. The second kappa shape index (κ2) is 4.89. The van der Waals surface area contributed by atoms with Gasteiger partial charge < -0.3 is 10.5 Å². The first kappa shape index (κ1) is 12.8. The van der Waals surface area contributed by atoms with E-state index in [9.17, 15) is 4.79 Å². The summed E-state index contributed by atoms with van der Waals surface area (Å²) in [7, 11) is 0. The Morgan fingerprint density at radius 3 is 2.72 bits per heavy atom. The predicted octanol–water partition coefficient (Wildman–Crippen LogP) is 2.32. The van der Waals surface area contributed by atoms with Crippen molar-refractivity contribution in [1.82, 2.24) is 10.2 Å². The molecule has 0 aliphatic rings. The van der Waals surface area contributed by atoms with E-state index in [0.29, 0.717) is 22.0 Å². The Morgan fingerprint density at radius 1 is 1.39 bits per heavy atom. The van der Waals surface area contributed by atoms with Crippen LogP contribution in [0.5, 0.6) is 0 Å². The van der Waals surface area contributed by atoms with Crippen LogP contribution in [0, 0.1) is 6.92 Å². The Kier molecular flexibility index (Phi) is 3.47. The van der Waals surface area contributed by atoms with Gasteiger partial charge >= 0.3 is 5.97 Å². The summed E-state index contributed by atoms with van der Waals surface area (Å²) in [6.45, 7) is 6.06. The number of hydrogen-bond acceptors (Lipinski definition) is 6. The maximum atomic E-state index is 11.8. The molecule has 0 radical (unpaired) electrons. The SMILES string of the molecule is CCOC(=O)c1sc2nnc(CC)c(C)c2c1N. The molecule has 0 amide bonds. The Labute approximate surface area is 109 Å². The lowest BCUT2D eigenvalue weighted by Gasteiger charge is -2.03. The molecule has 2 N–H and O–H groups in total. The van der Waals surface area contributed by atoms with Crippen molar-refractivity contribution in [2.45, 2.75) is 27.2 Å². The highest BCUT2D eigenvalue weighted by Gasteiger charge is 2.20. The van der Waals surface area contributed by atoms with Crippen LogP contribution < -0.4 is 5.73 Å². The van der Waals surface area contributed by atoms with E-state index in [1.54, 1.807) is 6.92 Å². The number of carbonyl (C=O) groups is 1. The van der Waals surface area contributed by atoms with Crippen molar-refractivity contribution in [1.29, 1.82) is 0 Å². The topological polar surface area (TPSA) is 78.1 Å². The van der Waals surface area contributed by atoms with Gasteiger partial charge in [-0.3, -0.25) is 0 Å². The zero-order valence-electron chi connectivity index (χ0n) is 10.6. The molecule has 0 saturated heterocycles. The van der Waals surface area contributed by atoms with E-state index in [1.807, 2.05) is 13.8 Å². The van der Waals surface area contributed by atoms with E-state index >= 15 is 0 Å². The molecule has 2 aromatic heterocycles. The monoisotopic (exact) mass is 265 g/mol. The molecule has 2 rings (SSSR count). The van der Waals surface area contributed by atoms with Crippen LogP contribution in [0.3, 0.4) is 0 Å². The van der Waals surface area contributed by atoms with E-state index in [-0.39, 0.29) is 0 Å². The van der Waals surface area contributed by atoms with Crippen LogP contribution in [0.25, 0.3) is 10.2 Å². The van der Waals surface area contributed by atoms with Gasteiger partial charge in [-0.15, -0.1) is 16.4 Å². The molecule has 0 fully saturated rings. The number of aromatic nitrogens is 2. The highest BCUT2D eigenvalue weighted by molar-refractivity contribution is 7.21. The first-order chi connectivity index (χ1) is 8.60. The lowest BCUT2D eigenvalue weighted by Crippen LogP contribution is -2.05. The van der Waals surface area contributed by atoms with Crippen LogP contribution >= 0.6 is 11.3 Å². The number of nitrogens with zero attached hydrogens (tertiary/aromatic N) is 2. The van der Waals surface area contributed by atoms with Gasteiger partial charge in [-0.05, 0) is 25.8 Å². The van der Waals surface area contributed by atoms with E-state index < -0.39 is 5.97 Å². The number of hydrogen-bond donors (Lipinski definition) is 1. The lowest BCUT2D eigenvalue weighted by atomic mass is 10.1. The zero-order valence-corrected chi connectivity index (χ0v) is 11.4. The van der Waals surface area contributed by atoms with Crippen LogP contribution in [-0.2, 0) is 11.2 Å². The largest absolute Gasteiger partial charge is 0.462 e. The quantitative estimate of drug-likeness (QED) is 0.862. The minimum Gasteiger partial charge on any atom is -0.462 e. The molecule has 0 aliphatic carbocycles. The van der Waals surface area contributed by atoms with Gasteiger partial charge in [0.15, 0.2) is 0 Å². The van der Waals surface area contributed by atoms with Gasteiger partial charge in [-0.1, -0.05) is 6.92 Å². The van der Waals surface area contributed by atoms with Gasteiger partial charge in [-0.25, -0.2) is 4.79 Å². The number of nitrogen functional groups attached to an aromatic ring is 1. The van der Waals surface area contributed by atoms with Crippen LogP contribution in [0.1, 0.15) is 34.8 Å². The van der Waals surface area contributed by atoms with E-state index in [4.69, 9.17) is 10.5 Å². The van der Waals surface area contributed by atoms with Crippen molar-refractivity contribution < 1.29 is 9.53 Å². The molecule has 0 aliphatic heterocycles. The lowest BCUT2D eigenvalue weighted by molar-refractivity contribution is 0.0533. The van der Waals surface area contributed by atoms with Crippen LogP contribution in [0.4, 0.5) is 5.69 Å². The van der Waals surface area contributed by atoms with E-state index in [1.165, 1.54) is 11.3 Å². The normalized spacial score (nSPS) is 10.8. The van der Waals surface area contributed by atoms with E-state index in [2.05, 4.69) is 10.2 Å². The fourth-order valence-corrected chi connectivity index (χ4v) is 2.87. The number of fused-ring (bicyclic) bond motifs is 1. The molecule has 2 heterocycles. The summed E-state index contributed by atoms with van der Waals surface area (Å²) in [5.41, 5.74) is 8.39. The van der Waals surface area contributed by atoms with Crippen molar-refractivity contribution in [2.75, 3.05) is 12.3 Å². The smallest absolute Gasteiger partial charge is 0.350 e. The second-order valence-electron chi connectivity index (χ2n) is 3.87. The van der Waals surface area contributed by atoms with Crippen molar-refractivity contribution in [3.8, 4) is 0 Å². The molecule has 5 nitrogen and oxygen atoms in total. The summed E-state index contributed by atoms with van der Waals surface area (Å²) >= 11 is 1.23. The molecule has 0 bridgehead atoms. The average molecular weight is 265 g/mol. The number of carbonyl (C=O) groups excluding carboxylic acids is 1. The maximum absolute atomic E-state index is 11.8. The number of ether oxygens (including phenoxy) is 1. The molecule has 18 heavy (non-hydrogen) atoms. The Bertz CT molecular complexity index is 607. The molecular formula is C12H15N3O2S. The van der Waals surface area contributed by atoms with Crippen molar-refractivity contribution >= 4 is 33.2 Å². The van der Waals surface area contributed by atoms with Crippen molar-refractivity contribution in [2.24, 2.45) is 0 Å². The zero-order chi connectivity index (χ0) is 13.3. The summed E-state index contributed by atoms with van der Waals surface area (Å²) in [6, 6.07) is 0. The van der Waals surface area contributed by atoms with Gasteiger partial charge in [0, 0.05) is 5.39 Å². The van der Waals surface area contributed by atoms with Gasteiger partial charge in [-0.2, -0.15) is 5.10 Å². The van der Waals surface area contributed by atoms with Gasteiger partial charge in [0.2, 0.25) is 0 Å². The Balaban J connectivity index is 2.63. The number of esters is 1. The molecule has 0 atom stereocenters. The second-order valence-corrected chi connectivity index (χ2v) is 4.87. The summed E-state index contributed by atoms with van der Waals surface area (Å²) in [5, 5.41) is 9.08. The molecule has 2 aromatic rings. The number of nitrogens with two attached hydrogens (primary N) is 1. The fourth-order valence-electron chi connectivity index (χ4n) is 1.87. The molecule has 0 spiro atoms. The molecule has 96 valence electrons. The first-order valence-corrected chi connectivity index (χ1v) is 6.63. The highest BCUT2D eigenvalue weighted by atomic mass is 32.1. The number of aryl methyl sites for hydroxylation is 2. The van der Waals surface area contributed by atoms with Crippen molar-refractivity contribution in [3.63, 3.8) is 0 Å². The van der Waals surface area contributed by atoms with Crippen LogP contribution in [-0.4, -0.2) is 22.8 Å². The summed E-state index contributed by atoms with van der Waals surface area (Å²) in [6.07, 6.45) is 0.790. The highest BCUT2D eigenvalue weighted by Crippen LogP contribution is 2.35. The van der Waals surface area contributed by atoms with Gasteiger partial charge in [0.05, 0.1) is 18.0 Å². The van der Waals surface area contributed by atoms with Gasteiger partial charge in [0.1, 0.15) is 9.71 Å². The number of thiophene rings is 1. The molecule has 0 unspecified atom stereocenters. The molecule has 6 heteroatoms. The van der Waals surface area contributed by atoms with E-state index in [0.717, 1.165) is 23.1 Å². The third-order valence-corrected chi connectivity index (χ3v) is 3.86. The summed E-state index contributed by atoms with van der Waals surface area (Å²) < 4.78 is 4.98. The third kappa shape index (κ3) is 1.92. The molecule has 0 saturated carbocycles.